The molecule has 2 rings (SSSR count). The summed E-state index contributed by atoms with van der Waals surface area (Å²) in [6.45, 7) is 1.94. The van der Waals surface area contributed by atoms with E-state index in [0.717, 1.165) is 16.9 Å². The van der Waals surface area contributed by atoms with Gasteiger partial charge in [-0.15, -0.1) is 0 Å². The second-order valence-corrected chi connectivity index (χ2v) is 3.78. The Morgan fingerprint density at radius 1 is 1.67 bits per heavy atom. The van der Waals surface area contributed by atoms with Crippen LogP contribution < -0.4 is 5.73 Å². The molecular weight excluding hydrogens is 214 g/mol. The number of nitrogens with zero attached hydrogens (tertiary/aromatic N) is 3. The molecule has 0 spiro atoms. The monoisotopic (exact) mass is 225 g/mol. The molecule has 0 aliphatic heterocycles. The van der Waals surface area contributed by atoms with E-state index in [-0.39, 0.29) is 6.54 Å². The van der Waals surface area contributed by atoms with Gasteiger partial charge in [-0.05, 0) is 19.1 Å². The third-order valence-corrected chi connectivity index (χ3v) is 2.56. The lowest BCUT2D eigenvalue weighted by Crippen LogP contribution is -2.19. The Morgan fingerprint density at radius 3 is 2.93 bits per heavy atom. The Labute approximate surface area is 90.7 Å². The van der Waals surface area contributed by atoms with Crippen molar-refractivity contribution in [3.8, 4) is 0 Å². The molecule has 0 aliphatic carbocycles. The molecule has 6 nitrogen and oxygen atoms in total. The number of imidazole rings is 1. The zero-order valence-electron chi connectivity index (χ0n) is 8.44. The maximum Gasteiger partial charge on any atom is 0.237 e. The Hall–Kier alpha value is -1.63. The van der Waals surface area contributed by atoms with Crippen molar-refractivity contribution in [1.82, 2.24) is 19.3 Å². The van der Waals surface area contributed by atoms with Crippen LogP contribution >= 0.6 is 12.2 Å². The summed E-state index contributed by atoms with van der Waals surface area (Å²) < 4.78 is 3.81. The average Bonchev–Trinajstić information content (AvgIpc) is 2.55. The zero-order chi connectivity index (χ0) is 11.2. The van der Waals surface area contributed by atoms with Crippen LogP contribution in [0.15, 0.2) is 0 Å². The predicted molar refractivity (Wildman–Crippen MR) is 57.8 cm³/mol. The summed E-state index contributed by atoms with van der Waals surface area (Å²) >= 11 is 5.10. The van der Waals surface area contributed by atoms with Gasteiger partial charge in [-0.1, -0.05) is 0 Å². The lowest BCUT2D eigenvalue weighted by atomic mass is 10.4. The van der Waals surface area contributed by atoms with Gasteiger partial charge in [0.25, 0.3) is 0 Å². The Bertz CT molecular complexity index is 590. The predicted octanol–water partition coefficient (Wildman–Crippen LogP) is 0.226. The van der Waals surface area contributed by atoms with Crippen LogP contribution in [0.1, 0.15) is 5.69 Å². The molecule has 15 heavy (non-hydrogen) atoms. The smallest absolute Gasteiger partial charge is 0.237 e. The van der Waals surface area contributed by atoms with Crippen molar-refractivity contribution in [2.24, 2.45) is 12.8 Å². The molecule has 3 N–H and O–H groups in total. The van der Waals surface area contributed by atoms with E-state index in [1.807, 2.05) is 6.92 Å². The largest absolute Gasteiger partial charge is 0.368 e. The fourth-order valence-electron chi connectivity index (χ4n) is 1.68. The van der Waals surface area contributed by atoms with Gasteiger partial charge >= 0.3 is 0 Å². The van der Waals surface area contributed by atoms with E-state index in [4.69, 9.17) is 18.0 Å². The Morgan fingerprint density at radius 2 is 2.33 bits per heavy atom. The van der Waals surface area contributed by atoms with E-state index in [1.165, 1.54) is 0 Å². The normalized spacial score (nSPS) is 11.1. The van der Waals surface area contributed by atoms with Gasteiger partial charge in [0.05, 0.1) is 5.69 Å². The van der Waals surface area contributed by atoms with Gasteiger partial charge in [-0.3, -0.25) is 14.0 Å². The molecule has 1 amide bonds. The van der Waals surface area contributed by atoms with E-state index < -0.39 is 5.91 Å². The first kappa shape index (κ1) is 9.91. The number of hydrogen-bond acceptors (Lipinski definition) is 3. The number of nitrogens with one attached hydrogen (secondary N) is 1. The third-order valence-electron chi connectivity index (χ3n) is 2.24. The summed E-state index contributed by atoms with van der Waals surface area (Å²) in [4.78, 5) is 13.9. The van der Waals surface area contributed by atoms with Gasteiger partial charge in [-0.25, -0.2) is 0 Å². The summed E-state index contributed by atoms with van der Waals surface area (Å²) in [5, 5.41) is 4.23. The van der Waals surface area contributed by atoms with Crippen LogP contribution in [-0.4, -0.2) is 25.2 Å². The van der Waals surface area contributed by atoms with Crippen LogP contribution in [0.25, 0.3) is 11.2 Å². The van der Waals surface area contributed by atoms with Crippen LogP contribution in [0.4, 0.5) is 0 Å². The van der Waals surface area contributed by atoms with Crippen molar-refractivity contribution >= 4 is 29.3 Å². The van der Waals surface area contributed by atoms with E-state index in [9.17, 15) is 4.79 Å². The van der Waals surface area contributed by atoms with Gasteiger partial charge in [0.1, 0.15) is 12.1 Å². The minimum absolute atomic E-state index is 0.0673. The van der Waals surface area contributed by atoms with Crippen molar-refractivity contribution in [2.45, 2.75) is 13.5 Å². The standard InChI is InChI=1S/C8H11N5OS/c1-4-6-7(12(2)11-4)13(3-5(9)14)8(15)10-6/h3H2,1-2H3,(H2,9,14)(H,10,15). The lowest BCUT2D eigenvalue weighted by molar-refractivity contribution is -0.118. The molecule has 0 aromatic carbocycles. The number of aromatic amines is 1. The molecule has 0 unspecified atom stereocenters. The minimum Gasteiger partial charge on any atom is -0.368 e. The molecule has 0 saturated heterocycles. The highest BCUT2D eigenvalue weighted by molar-refractivity contribution is 7.71. The topological polar surface area (TPSA) is 81.6 Å². The van der Waals surface area contributed by atoms with Crippen molar-refractivity contribution < 1.29 is 4.79 Å². The van der Waals surface area contributed by atoms with Crippen LogP contribution in [0.2, 0.25) is 0 Å². The number of fused-ring (bicyclic) bond motifs is 1. The molecule has 7 heteroatoms. The first-order chi connectivity index (χ1) is 7.00. The maximum atomic E-state index is 10.9. The number of carbonyl (C=O) groups is 1. The van der Waals surface area contributed by atoms with E-state index in [2.05, 4.69) is 10.1 Å². The number of carbonyl (C=O) groups excluding carboxylic acids is 1. The number of aromatic nitrogens is 4. The van der Waals surface area contributed by atoms with Crippen LogP contribution in [0.3, 0.4) is 0 Å². The average molecular weight is 225 g/mol. The summed E-state index contributed by atoms with van der Waals surface area (Å²) in [7, 11) is 1.80. The van der Waals surface area contributed by atoms with Gasteiger partial charge in [0, 0.05) is 7.05 Å². The second kappa shape index (κ2) is 3.20. The highest BCUT2D eigenvalue weighted by atomic mass is 32.1. The van der Waals surface area contributed by atoms with E-state index in [0.29, 0.717) is 4.77 Å². The van der Waals surface area contributed by atoms with Crippen molar-refractivity contribution in [3.05, 3.63) is 10.5 Å². The first-order valence-electron chi connectivity index (χ1n) is 4.41. The van der Waals surface area contributed by atoms with Gasteiger partial charge in [0.15, 0.2) is 10.4 Å². The minimum atomic E-state index is -0.425. The van der Waals surface area contributed by atoms with Crippen LogP contribution in [0, 0.1) is 11.7 Å². The van der Waals surface area contributed by atoms with Crippen molar-refractivity contribution in [1.29, 1.82) is 0 Å². The summed E-state index contributed by atoms with van der Waals surface area (Å²) in [5.41, 5.74) is 7.64. The SMILES string of the molecule is Cc1nn(C)c2c1[nH]c(=S)n2CC(N)=O. The highest BCUT2D eigenvalue weighted by Crippen LogP contribution is 2.16. The number of rotatable bonds is 2. The molecule has 2 aromatic heterocycles. The Balaban J connectivity index is 2.77. The second-order valence-electron chi connectivity index (χ2n) is 3.39. The molecule has 0 saturated carbocycles. The number of primary amides is 1. The van der Waals surface area contributed by atoms with E-state index >= 15 is 0 Å². The molecule has 0 atom stereocenters. The summed E-state index contributed by atoms with van der Waals surface area (Å²) in [6, 6.07) is 0. The van der Waals surface area contributed by atoms with Gasteiger partial charge < -0.3 is 10.7 Å². The number of hydrogen-bond donors (Lipinski definition) is 2. The summed E-state index contributed by atoms with van der Waals surface area (Å²) in [6.07, 6.45) is 0. The Kier molecular flexibility index (Phi) is 2.11. The number of aryl methyl sites for hydroxylation is 2. The fourth-order valence-corrected chi connectivity index (χ4v) is 1.93. The van der Waals surface area contributed by atoms with Crippen LogP contribution in [0.5, 0.6) is 0 Å². The number of nitrogens with two attached hydrogens (primary N) is 1. The van der Waals surface area contributed by atoms with E-state index in [1.54, 1.807) is 16.3 Å². The zero-order valence-corrected chi connectivity index (χ0v) is 9.26. The van der Waals surface area contributed by atoms with Crippen molar-refractivity contribution in [2.75, 3.05) is 0 Å². The van der Waals surface area contributed by atoms with Gasteiger partial charge in [-0.2, -0.15) is 5.10 Å². The molecular formula is C8H11N5OS. The molecule has 80 valence electrons. The summed E-state index contributed by atoms with van der Waals surface area (Å²) in [5.74, 6) is -0.425. The van der Waals surface area contributed by atoms with Gasteiger partial charge in [0.2, 0.25) is 5.91 Å². The number of H-pyrrole nitrogens is 1. The quantitative estimate of drug-likeness (QED) is 0.718. The first-order valence-corrected chi connectivity index (χ1v) is 4.82. The lowest BCUT2D eigenvalue weighted by Gasteiger charge is -2.00. The molecule has 2 heterocycles. The molecule has 0 aliphatic rings. The fraction of sp³-hybridized carbons (Fsp3) is 0.375. The molecule has 2 aromatic rings. The highest BCUT2D eigenvalue weighted by Gasteiger charge is 2.13. The molecule has 0 fully saturated rings. The third kappa shape index (κ3) is 1.44. The number of amides is 1. The van der Waals surface area contributed by atoms with Crippen molar-refractivity contribution in [3.63, 3.8) is 0 Å². The van der Waals surface area contributed by atoms with Crippen LogP contribution in [-0.2, 0) is 18.4 Å². The maximum absolute atomic E-state index is 10.9. The molecule has 0 bridgehead atoms. The molecule has 0 radical (unpaired) electrons.